The second kappa shape index (κ2) is 4.33. The number of hydrogen-bond donors (Lipinski definition) is 0. The van der Waals surface area contributed by atoms with Gasteiger partial charge >= 0.3 is 0 Å². The summed E-state index contributed by atoms with van der Waals surface area (Å²) in [6, 6.07) is 8.88. The summed E-state index contributed by atoms with van der Waals surface area (Å²) in [5.41, 5.74) is 0. The molecule has 2 aromatic heterocycles. The maximum Gasteiger partial charge on any atom is 0.0445 e. The van der Waals surface area contributed by atoms with E-state index in [2.05, 4.69) is 60.7 Å². The maximum absolute atomic E-state index is 2.46. The molecule has 0 bridgehead atoms. The second-order valence-electron chi connectivity index (χ2n) is 3.23. The molecule has 0 amide bonds. The predicted molar refractivity (Wildman–Crippen MR) is 74.8 cm³/mol. The fraction of sp³-hybridized carbons (Fsp3) is 0.273. The van der Waals surface area contributed by atoms with Crippen LogP contribution in [0.25, 0.3) is 9.75 Å². The van der Waals surface area contributed by atoms with Gasteiger partial charge in [0.1, 0.15) is 0 Å². The molecule has 2 aromatic rings. The highest BCUT2D eigenvalue weighted by atomic mass is 127. The molecule has 0 saturated heterocycles. The molecule has 0 saturated carbocycles. The molecular formula is C11H11IS2. The van der Waals surface area contributed by atoms with Gasteiger partial charge in [0.15, 0.2) is 0 Å². The Bertz CT molecular complexity index is 426. The number of alkyl halides is 1. The minimum atomic E-state index is 0.618. The van der Waals surface area contributed by atoms with Crippen molar-refractivity contribution in [3.8, 4) is 9.75 Å². The van der Waals surface area contributed by atoms with Crippen molar-refractivity contribution < 1.29 is 0 Å². The molecule has 3 heteroatoms. The van der Waals surface area contributed by atoms with E-state index in [0.717, 1.165) is 0 Å². The first-order chi connectivity index (χ1) is 6.66. The van der Waals surface area contributed by atoms with Gasteiger partial charge in [-0.3, -0.25) is 0 Å². The van der Waals surface area contributed by atoms with Gasteiger partial charge in [-0.25, -0.2) is 0 Å². The van der Waals surface area contributed by atoms with Gasteiger partial charge in [0.2, 0.25) is 0 Å². The molecule has 2 heterocycles. The van der Waals surface area contributed by atoms with Crippen LogP contribution in [-0.4, -0.2) is 0 Å². The maximum atomic E-state index is 2.46. The fourth-order valence-electron chi connectivity index (χ4n) is 1.27. The van der Waals surface area contributed by atoms with Crippen LogP contribution in [0.5, 0.6) is 0 Å². The Morgan fingerprint density at radius 2 is 1.71 bits per heavy atom. The normalized spacial score (nSPS) is 13.1. The third-order valence-corrected chi connectivity index (χ3v) is 5.56. The van der Waals surface area contributed by atoms with Gasteiger partial charge < -0.3 is 0 Å². The van der Waals surface area contributed by atoms with Crippen molar-refractivity contribution in [1.29, 1.82) is 0 Å². The van der Waals surface area contributed by atoms with Crippen molar-refractivity contribution in [2.45, 2.75) is 17.8 Å². The first-order valence-electron chi connectivity index (χ1n) is 4.47. The van der Waals surface area contributed by atoms with Crippen molar-refractivity contribution >= 4 is 45.3 Å². The minimum absolute atomic E-state index is 0.618. The first kappa shape index (κ1) is 10.6. The van der Waals surface area contributed by atoms with Gasteiger partial charge in [-0.2, -0.15) is 0 Å². The SMILES string of the molecule is Cc1ccc(-c2ccc(C(C)I)s2)s1. The van der Waals surface area contributed by atoms with Crippen LogP contribution >= 0.6 is 45.3 Å². The molecular weight excluding hydrogens is 323 g/mol. The Hall–Kier alpha value is 0.130. The molecule has 0 aliphatic rings. The standard InChI is InChI=1S/C11H11IS2/c1-7-3-4-10(13-7)11-6-5-9(14-11)8(2)12/h3-6,8H,1-2H3. The zero-order valence-corrected chi connectivity index (χ0v) is 11.9. The van der Waals surface area contributed by atoms with E-state index in [1.165, 1.54) is 19.5 Å². The highest BCUT2D eigenvalue weighted by molar-refractivity contribution is 14.1. The fourth-order valence-corrected chi connectivity index (χ4v) is 3.75. The molecule has 1 atom stereocenters. The average Bonchev–Trinajstić information content (AvgIpc) is 2.70. The van der Waals surface area contributed by atoms with Crippen molar-refractivity contribution in [2.24, 2.45) is 0 Å². The zero-order valence-electron chi connectivity index (χ0n) is 8.08. The van der Waals surface area contributed by atoms with E-state index in [1.54, 1.807) is 0 Å². The monoisotopic (exact) mass is 334 g/mol. The number of aryl methyl sites for hydroxylation is 1. The third kappa shape index (κ3) is 2.20. The van der Waals surface area contributed by atoms with E-state index in [0.29, 0.717) is 3.92 Å². The molecule has 0 radical (unpaired) electrons. The molecule has 0 nitrogen and oxygen atoms in total. The summed E-state index contributed by atoms with van der Waals surface area (Å²) >= 11 is 6.24. The van der Waals surface area contributed by atoms with Gasteiger partial charge in [-0.15, -0.1) is 22.7 Å². The number of hydrogen-bond acceptors (Lipinski definition) is 2. The van der Waals surface area contributed by atoms with Crippen LogP contribution in [0.2, 0.25) is 0 Å². The summed E-state index contributed by atoms with van der Waals surface area (Å²) in [6.45, 7) is 4.39. The van der Waals surface area contributed by atoms with Crippen molar-refractivity contribution in [1.82, 2.24) is 0 Å². The Morgan fingerprint density at radius 3 is 2.21 bits per heavy atom. The smallest absolute Gasteiger partial charge is 0.0445 e. The molecule has 0 N–H and O–H groups in total. The summed E-state index contributed by atoms with van der Waals surface area (Å²) in [5.74, 6) is 0. The van der Waals surface area contributed by atoms with Gasteiger partial charge in [-0.1, -0.05) is 22.6 Å². The van der Waals surface area contributed by atoms with Gasteiger partial charge in [0, 0.05) is 23.4 Å². The molecule has 0 aliphatic carbocycles. The molecule has 0 aliphatic heterocycles. The van der Waals surface area contributed by atoms with Gasteiger partial charge in [-0.05, 0) is 38.1 Å². The van der Waals surface area contributed by atoms with E-state index in [4.69, 9.17) is 0 Å². The Kier molecular flexibility index (Phi) is 3.29. The summed E-state index contributed by atoms with van der Waals surface area (Å²) < 4.78 is 0.618. The molecule has 0 spiro atoms. The van der Waals surface area contributed by atoms with Crippen LogP contribution < -0.4 is 0 Å². The lowest BCUT2D eigenvalue weighted by atomic mass is 10.3. The summed E-state index contributed by atoms with van der Waals surface area (Å²) in [7, 11) is 0. The van der Waals surface area contributed by atoms with E-state index in [1.807, 2.05) is 22.7 Å². The molecule has 14 heavy (non-hydrogen) atoms. The highest BCUT2D eigenvalue weighted by Gasteiger charge is 2.07. The van der Waals surface area contributed by atoms with Crippen LogP contribution in [0.4, 0.5) is 0 Å². The van der Waals surface area contributed by atoms with Crippen molar-refractivity contribution in [3.05, 3.63) is 34.0 Å². The first-order valence-corrected chi connectivity index (χ1v) is 7.35. The van der Waals surface area contributed by atoms with Crippen LogP contribution in [0.1, 0.15) is 20.6 Å². The number of thiophene rings is 2. The second-order valence-corrected chi connectivity index (χ2v) is 7.50. The molecule has 0 fully saturated rings. The van der Waals surface area contributed by atoms with E-state index in [9.17, 15) is 0 Å². The lowest BCUT2D eigenvalue weighted by Crippen LogP contribution is -1.71. The van der Waals surface area contributed by atoms with Gasteiger partial charge in [0.05, 0.1) is 0 Å². The Morgan fingerprint density at radius 1 is 1.07 bits per heavy atom. The number of rotatable bonds is 2. The summed E-state index contributed by atoms with van der Waals surface area (Å²) in [4.78, 5) is 5.65. The third-order valence-electron chi connectivity index (χ3n) is 2.00. The Labute approximate surface area is 106 Å². The Balaban J connectivity index is 2.33. The van der Waals surface area contributed by atoms with Crippen molar-refractivity contribution in [3.63, 3.8) is 0 Å². The van der Waals surface area contributed by atoms with Crippen LogP contribution in [0.15, 0.2) is 24.3 Å². The summed E-state index contributed by atoms with van der Waals surface area (Å²) in [6.07, 6.45) is 0. The quantitative estimate of drug-likeness (QED) is 0.518. The molecule has 74 valence electrons. The molecule has 0 aromatic carbocycles. The number of halogens is 1. The van der Waals surface area contributed by atoms with Crippen LogP contribution in [-0.2, 0) is 0 Å². The highest BCUT2D eigenvalue weighted by Crippen LogP contribution is 2.37. The zero-order chi connectivity index (χ0) is 10.1. The largest absolute Gasteiger partial charge is 0.140 e. The molecule has 1 unspecified atom stereocenters. The predicted octanol–water partition coefficient (Wildman–Crippen LogP) is 5.28. The minimum Gasteiger partial charge on any atom is -0.140 e. The lowest BCUT2D eigenvalue weighted by Gasteiger charge is -1.95. The average molecular weight is 334 g/mol. The van der Waals surface area contributed by atoms with Crippen LogP contribution in [0.3, 0.4) is 0 Å². The van der Waals surface area contributed by atoms with Crippen molar-refractivity contribution in [2.75, 3.05) is 0 Å². The van der Waals surface area contributed by atoms with Gasteiger partial charge in [0.25, 0.3) is 0 Å². The van der Waals surface area contributed by atoms with E-state index >= 15 is 0 Å². The summed E-state index contributed by atoms with van der Waals surface area (Å²) in [5, 5.41) is 0. The molecule has 2 rings (SSSR count). The topological polar surface area (TPSA) is 0 Å². The van der Waals surface area contributed by atoms with E-state index < -0.39 is 0 Å². The van der Waals surface area contributed by atoms with Crippen LogP contribution in [0, 0.1) is 6.92 Å². The van der Waals surface area contributed by atoms with E-state index in [-0.39, 0.29) is 0 Å². The lowest BCUT2D eigenvalue weighted by molar-refractivity contribution is 1.19.